The summed E-state index contributed by atoms with van der Waals surface area (Å²) in [5.41, 5.74) is 6.60. The fraction of sp³-hybridized carbons (Fsp3) is 0.533. The fourth-order valence-corrected chi connectivity index (χ4v) is 1.72. The quantitative estimate of drug-likeness (QED) is 0.620. The van der Waals surface area contributed by atoms with Gasteiger partial charge in [0, 0.05) is 29.4 Å². The van der Waals surface area contributed by atoms with E-state index in [2.05, 4.69) is 24.1 Å². The molecule has 0 aliphatic rings. The number of nitrogens with zero attached hydrogens (tertiary/aromatic N) is 1. The van der Waals surface area contributed by atoms with Crippen LogP contribution in [0.4, 0.5) is 10.1 Å². The van der Waals surface area contributed by atoms with Gasteiger partial charge in [-0.15, -0.1) is 0 Å². The number of nitrogens with two attached hydrogens (primary N) is 1. The van der Waals surface area contributed by atoms with E-state index in [0.717, 1.165) is 13.0 Å². The molecule has 20 heavy (non-hydrogen) atoms. The molecule has 4 nitrogen and oxygen atoms in total. The number of hydrogen-bond acceptors (Lipinski definition) is 3. The number of rotatable bonds is 6. The molecular weight excluding hydrogens is 257 g/mol. The summed E-state index contributed by atoms with van der Waals surface area (Å²) in [4.78, 5) is 14.1. The van der Waals surface area contributed by atoms with E-state index in [1.165, 1.54) is 12.1 Å². The van der Waals surface area contributed by atoms with Crippen molar-refractivity contribution in [1.82, 2.24) is 10.2 Å². The molecule has 0 saturated heterocycles. The Kier molecular flexibility index (Phi) is 5.95. The standard InChI is InChI=1S/C15H24FN3O/c1-10(2)19(4)7-5-6-18-15(20)12-8-13(16)11(3)14(17)9-12/h8-10H,5-7,17H2,1-4H3,(H,18,20). The average molecular weight is 281 g/mol. The molecule has 3 N–H and O–H groups in total. The summed E-state index contributed by atoms with van der Waals surface area (Å²) in [5, 5.41) is 2.78. The highest BCUT2D eigenvalue weighted by atomic mass is 19.1. The zero-order valence-corrected chi connectivity index (χ0v) is 12.7. The lowest BCUT2D eigenvalue weighted by molar-refractivity contribution is 0.0951. The monoisotopic (exact) mass is 281 g/mol. The van der Waals surface area contributed by atoms with Crippen LogP contribution < -0.4 is 11.1 Å². The van der Waals surface area contributed by atoms with Crippen molar-refractivity contribution in [2.45, 2.75) is 33.2 Å². The van der Waals surface area contributed by atoms with Crippen LogP contribution in [-0.2, 0) is 0 Å². The van der Waals surface area contributed by atoms with E-state index in [0.29, 0.717) is 23.8 Å². The number of benzene rings is 1. The van der Waals surface area contributed by atoms with Gasteiger partial charge in [-0.05, 0) is 52.9 Å². The van der Waals surface area contributed by atoms with Gasteiger partial charge in [0.05, 0.1) is 0 Å². The average Bonchev–Trinajstić information content (AvgIpc) is 2.39. The second kappa shape index (κ2) is 7.24. The third kappa shape index (κ3) is 4.49. The van der Waals surface area contributed by atoms with Gasteiger partial charge in [0.15, 0.2) is 0 Å². The van der Waals surface area contributed by atoms with Gasteiger partial charge in [0.1, 0.15) is 5.82 Å². The minimum atomic E-state index is -0.449. The maximum Gasteiger partial charge on any atom is 0.251 e. The second-order valence-corrected chi connectivity index (χ2v) is 5.36. The van der Waals surface area contributed by atoms with Crippen molar-refractivity contribution >= 4 is 11.6 Å². The third-order valence-corrected chi connectivity index (χ3v) is 3.50. The van der Waals surface area contributed by atoms with Gasteiger partial charge in [-0.1, -0.05) is 0 Å². The highest BCUT2D eigenvalue weighted by molar-refractivity contribution is 5.95. The van der Waals surface area contributed by atoms with Gasteiger partial charge in [0.2, 0.25) is 0 Å². The van der Waals surface area contributed by atoms with E-state index in [1.54, 1.807) is 6.92 Å². The van der Waals surface area contributed by atoms with Crippen LogP contribution in [0.25, 0.3) is 0 Å². The van der Waals surface area contributed by atoms with E-state index in [9.17, 15) is 9.18 Å². The van der Waals surface area contributed by atoms with E-state index >= 15 is 0 Å². The summed E-state index contributed by atoms with van der Waals surface area (Å²) in [5.74, 6) is -0.738. The number of halogens is 1. The summed E-state index contributed by atoms with van der Waals surface area (Å²) in [6.07, 6.45) is 0.851. The maximum atomic E-state index is 13.5. The lowest BCUT2D eigenvalue weighted by Gasteiger charge is -2.20. The third-order valence-electron chi connectivity index (χ3n) is 3.50. The molecule has 1 amide bonds. The zero-order chi connectivity index (χ0) is 15.3. The van der Waals surface area contributed by atoms with Crippen LogP contribution in [0.5, 0.6) is 0 Å². The first-order valence-corrected chi connectivity index (χ1v) is 6.87. The molecule has 5 heteroatoms. The van der Waals surface area contributed by atoms with Gasteiger partial charge < -0.3 is 16.0 Å². The molecule has 0 heterocycles. The van der Waals surface area contributed by atoms with Crippen molar-refractivity contribution < 1.29 is 9.18 Å². The van der Waals surface area contributed by atoms with E-state index < -0.39 is 5.82 Å². The molecule has 1 aromatic carbocycles. The minimum Gasteiger partial charge on any atom is -0.398 e. The van der Waals surface area contributed by atoms with Gasteiger partial charge in [-0.3, -0.25) is 4.79 Å². The largest absolute Gasteiger partial charge is 0.398 e. The molecule has 0 aliphatic carbocycles. The van der Waals surface area contributed by atoms with Crippen molar-refractivity contribution in [1.29, 1.82) is 0 Å². The highest BCUT2D eigenvalue weighted by Crippen LogP contribution is 2.17. The molecule has 0 fully saturated rings. The number of amides is 1. The first kappa shape index (κ1) is 16.4. The van der Waals surface area contributed by atoms with Crippen LogP contribution in [0.3, 0.4) is 0 Å². The Morgan fingerprint density at radius 3 is 2.65 bits per heavy atom. The first-order chi connectivity index (χ1) is 9.32. The van der Waals surface area contributed by atoms with Crippen LogP contribution in [0.15, 0.2) is 12.1 Å². The Labute approximate surface area is 120 Å². The molecule has 0 spiro atoms. The molecule has 1 rings (SSSR count). The summed E-state index contributed by atoms with van der Waals surface area (Å²) >= 11 is 0. The summed E-state index contributed by atoms with van der Waals surface area (Å²) in [7, 11) is 2.04. The van der Waals surface area contributed by atoms with Crippen molar-refractivity contribution in [3.05, 3.63) is 29.1 Å². The van der Waals surface area contributed by atoms with E-state index in [1.807, 2.05) is 7.05 Å². The topological polar surface area (TPSA) is 58.4 Å². The predicted molar refractivity (Wildman–Crippen MR) is 80.3 cm³/mol. The normalized spacial score (nSPS) is 11.2. The van der Waals surface area contributed by atoms with Crippen LogP contribution in [0.1, 0.15) is 36.2 Å². The van der Waals surface area contributed by atoms with Crippen molar-refractivity contribution in [3.8, 4) is 0 Å². The summed E-state index contributed by atoms with van der Waals surface area (Å²) in [6.45, 7) is 7.30. The Bertz CT molecular complexity index is 451. The smallest absolute Gasteiger partial charge is 0.251 e. The molecule has 0 aliphatic heterocycles. The molecule has 0 bridgehead atoms. The minimum absolute atomic E-state index is 0.266. The van der Waals surface area contributed by atoms with Crippen LogP contribution >= 0.6 is 0 Å². The van der Waals surface area contributed by atoms with Crippen LogP contribution in [0.2, 0.25) is 0 Å². The van der Waals surface area contributed by atoms with Gasteiger partial charge >= 0.3 is 0 Å². The number of carbonyl (C=O) groups excluding carboxylic acids is 1. The SMILES string of the molecule is Cc1c(N)cc(C(=O)NCCCN(C)C(C)C)cc1F. The number of anilines is 1. The van der Waals surface area contributed by atoms with Crippen LogP contribution in [0, 0.1) is 12.7 Å². The molecule has 112 valence electrons. The zero-order valence-electron chi connectivity index (χ0n) is 12.7. The Balaban J connectivity index is 2.48. The maximum absolute atomic E-state index is 13.5. The molecule has 1 aromatic rings. The summed E-state index contributed by atoms with van der Waals surface area (Å²) in [6, 6.07) is 3.21. The van der Waals surface area contributed by atoms with Gasteiger partial charge in [-0.25, -0.2) is 4.39 Å². The molecule has 0 unspecified atom stereocenters. The molecule has 0 saturated carbocycles. The fourth-order valence-electron chi connectivity index (χ4n) is 1.72. The first-order valence-electron chi connectivity index (χ1n) is 6.87. The van der Waals surface area contributed by atoms with Gasteiger partial charge in [-0.2, -0.15) is 0 Å². The Morgan fingerprint density at radius 2 is 2.10 bits per heavy atom. The number of nitrogen functional groups attached to an aromatic ring is 1. The Morgan fingerprint density at radius 1 is 1.45 bits per heavy atom. The predicted octanol–water partition coefficient (Wildman–Crippen LogP) is 2.18. The number of nitrogens with one attached hydrogen (secondary N) is 1. The number of carbonyl (C=O) groups is 1. The van der Waals surface area contributed by atoms with Crippen molar-refractivity contribution in [2.24, 2.45) is 0 Å². The lowest BCUT2D eigenvalue weighted by atomic mass is 10.1. The highest BCUT2D eigenvalue weighted by Gasteiger charge is 2.11. The molecular formula is C15H24FN3O. The number of hydrogen-bond donors (Lipinski definition) is 2. The van der Waals surface area contributed by atoms with Crippen LogP contribution in [-0.4, -0.2) is 37.0 Å². The van der Waals surface area contributed by atoms with Gasteiger partial charge in [0.25, 0.3) is 5.91 Å². The molecule has 0 atom stereocenters. The van der Waals surface area contributed by atoms with Crippen molar-refractivity contribution in [2.75, 3.05) is 25.9 Å². The van der Waals surface area contributed by atoms with Crippen molar-refractivity contribution in [3.63, 3.8) is 0 Å². The Hall–Kier alpha value is -1.62. The second-order valence-electron chi connectivity index (χ2n) is 5.36. The molecule has 0 aromatic heterocycles. The summed E-state index contributed by atoms with van der Waals surface area (Å²) < 4.78 is 13.5. The molecule has 0 radical (unpaired) electrons. The van der Waals surface area contributed by atoms with E-state index in [4.69, 9.17) is 5.73 Å². The lowest BCUT2D eigenvalue weighted by Crippen LogP contribution is -2.31. The van der Waals surface area contributed by atoms with E-state index in [-0.39, 0.29) is 11.5 Å².